The van der Waals surface area contributed by atoms with Crippen molar-refractivity contribution >= 4 is 5.91 Å². The van der Waals surface area contributed by atoms with E-state index in [-0.39, 0.29) is 11.9 Å². The van der Waals surface area contributed by atoms with Crippen molar-refractivity contribution in [1.82, 2.24) is 4.90 Å². The van der Waals surface area contributed by atoms with Gasteiger partial charge in [-0.3, -0.25) is 4.79 Å². The molecule has 0 heterocycles. The van der Waals surface area contributed by atoms with Gasteiger partial charge in [0.1, 0.15) is 0 Å². The van der Waals surface area contributed by atoms with Crippen LogP contribution in [0.25, 0.3) is 0 Å². The van der Waals surface area contributed by atoms with Crippen LogP contribution in [0.4, 0.5) is 0 Å². The summed E-state index contributed by atoms with van der Waals surface area (Å²) in [6.07, 6.45) is 5.76. The summed E-state index contributed by atoms with van der Waals surface area (Å²) >= 11 is 0. The van der Waals surface area contributed by atoms with Gasteiger partial charge in [0.2, 0.25) is 5.91 Å². The van der Waals surface area contributed by atoms with Gasteiger partial charge < -0.3 is 10.6 Å². The Kier molecular flexibility index (Phi) is 3.29. The summed E-state index contributed by atoms with van der Waals surface area (Å²) in [5, 5.41) is 0. The predicted octanol–water partition coefficient (Wildman–Crippen LogP) is 1.37. The summed E-state index contributed by atoms with van der Waals surface area (Å²) in [5.41, 5.74) is 5.68. The lowest BCUT2D eigenvalue weighted by Gasteiger charge is -2.23. The van der Waals surface area contributed by atoms with E-state index in [0.717, 1.165) is 24.9 Å². The second kappa shape index (κ2) is 4.52. The van der Waals surface area contributed by atoms with Crippen LogP contribution in [0.1, 0.15) is 39.0 Å². The zero-order chi connectivity index (χ0) is 10.8. The minimum absolute atomic E-state index is 0.00148. The van der Waals surface area contributed by atoms with Gasteiger partial charge >= 0.3 is 0 Å². The van der Waals surface area contributed by atoms with Crippen LogP contribution in [0, 0.1) is 11.8 Å². The van der Waals surface area contributed by atoms with Crippen molar-refractivity contribution in [2.45, 2.75) is 45.1 Å². The Hall–Kier alpha value is -0.570. The molecule has 2 N–H and O–H groups in total. The maximum atomic E-state index is 11.9. The molecule has 1 amide bonds. The molecule has 0 aromatic carbocycles. The fourth-order valence-electron chi connectivity index (χ4n) is 1.91. The Balaban J connectivity index is 1.80. The highest BCUT2D eigenvalue weighted by Crippen LogP contribution is 2.33. The van der Waals surface area contributed by atoms with E-state index in [9.17, 15) is 4.79 Å². The maximum absolute atomic E-state index is 11.9. The van der Waals surface area contributed by atoms with Crippen molar-refractivity contribution in [3.63, 3.8) is 0 Å². The number of carbonyl (C=O) groups is 1. The Morgan fingerprint density at radius 2 is 1.73 bits per heavy atom. The molecular formula is C12H22N2O. The van der Waals surface area contributed by atoms with E-state index in [1.165, 1.54) is 25.7 Å². The number of hydrogen-bond donors (Lipinski definition) is 1. The van der Waals surface area contributed by atoms with Crippen LogP contribution in [0.5, 0.6) is 0 Å². The highest BCUT2D eigenvalue weighted by Gasteiger charge is 2.31. The largest absolute Gasteiger partial charge is 0.342 e. The molecule has 0 aliphatic heterocycles. The van der Waals surface area contributed by atoms with Gasteiger partial charge in [-0.15, -0.1) is 0 Å². The van der Waals surface area contributed by atoms with E-state index in [1.54, 1.807) is 0 Å². The summed E-state index contributed by atoms with van der Waals surface area (Å²) in [5.74, 6) is 1.85. The first-order chi connectivity index (χ1) is 7.15. The Morgan fingerprint density at radius 3 is 2.07 bits per heavy atom. The van der Waals surface area contributed by atoms with E-state index < -0.39 is 0 Å². The van der Waals surface area contributed by atoms with Crippen molar-refractivity contribution < 1.29 is 4.79 Å². The third kappa shape index (κ3) is 3.82. The summed E-state index contributed by atoms with van der Waals surface area (Å²) < 4.78 is 0. The van der Waals surface area contributed by atoms with Gasteiger partial charge in [0.15, 0.2) is 0 Å². The van der Waals surface area contributed by atoms with Gasteiger partial charge in [-0.2, -0.15) is 0 Å². The van der Waals surface area contributed by atoms with E-state index >= 15 is 0 Å². The van der Waals surface area contributed by atoms with Gasteiger partial charge in [-0.05, 0) is 44.4 Å². The number of amides is 1. The molecule has 3 nitrogen and oxygen atoms in total. The van der Waals surface area contributed by atoms with Crippen molar-refractivity contribution in [1.29, 1.82) is 0 Å². The zero-order valence-electron chi connectivity index (χ0n) is 9.61. The van der Waals surface area contributed by atoms with Gasteiger partial charge in [0.25, 0.3) is 0 Å². The smallest absolute Gasteiger partial charge is 0.224 e. The lowest BCUT2D eigenvalue weighted by molar-refractivity contribution is -0.132. The van der Waals surface area contributed by atoms with Crippen LogP contribution < -0.4 is 5.73 Å². The molecule has 0 radical (unpaired) electrons. The number of nitrogens with zero attached hydrogens (tertiary/aromatic N) is 1. The number of hydrogen-bond acceptors (Lipinski definition) is 2. The zero-order valence-corrected chi connectivity index (χ0v) is 9.61. The fraction of sp³-hybridized carbons (Fsp3) is 0.917. The summed E-state index contributed by atoms with van der Waals surface area (Å²) in [4.78, 5) is 14.0. The summed E-state index contributed by atoms with van der Waals surface area (Å²) in [6, 6.07) is -0.00148. The first-order valence-electron chi connectivity index (χ1n) is 6.18. The van der Waals surface area contributed by atoms with Crippen molar-refractivity contribution in [2.75, 3.05) is 13.1 Å². The third-order valence-corrected chi connectivity index (χ3v) is 3.20. The molecule has 3 heteroatoms. The highest BCUT2D eigenvalue weighted by atomic mass is 16.2. The van der Waals surface area contributed by atoms with Crippen LogP contribution in [0.15, 0.2) is 0 Å². The first kappa shape index (κ1) is 10.9. The molecule has 1 atom stereocenters. The standard InChI is InChI=1S/C12H22N2O/c1-9(13)6-12(15)14(7-10-2-3-10)8-11-4-5-11/h9-11H,2-8,13H2,1H3. The Labute approximate surface area is 92.0 Å². The average molecular weight is 210 g/mol. The third-order valence-electron chi connectivity index (χ3n) is 3.20. The second-order valence-corrected chi connectivity index (χ2v) is 5.37. The van der Waals surface area contributed by atoms with Crippen molar-refractivity contribution in [3.8, 4) is 0 Å². The molecule has 86 valence electrons. The van der Waals surface area contributed by atoms with Gasteiger partial charge in [-0.25, -0.2) is 0 Å². The van der Waals surface area contributed by atoms with Crippen LogP contribution in [0.2, 0.25) is 0 Å². The number of nitrogens with two attached hydrogens (primary N) is 1. The molecule has 0 aromatic rings. The monoisotopic (exact) mass is 210 g/mol. The van der Waals surface area contributed by atoms with Crippen LogP contribution in [-0.2, 0) is 4.79 Å². The molecule has 2 saturated carbocycles. The minimum Gasteiger partial charge on any atom is -0.342 e. The Morgan fingerprint density at radius 1 is 1.27 bits per heavy atom. The number of rotatable bonds is 6. The molecule has 0 aromatic heterocycles. The molecular weight excluding hydrogens is 188 g/mol. The van der Waals surface area contributed by atoms with Gasteiger partial charge in [0, 0.05) is 25.6 Å². The normalized spacial score (nSPS) is 22.5. The summed E-state index contributed by atoms with van der Waals surface area (Å²) in [7, 11) is 0. The molecule has 15 heavy (non-hydrogen) atoms. The van der Waals surface area contributed by atoms with Crippen LogP contribution in [0.3, 0.4) is 0 Å². The molecule has 0 bridgehead atoms. The van der Waals surface area contributed by atoms with Gasteiger partial charge in [0.05, 0.1) is 0 Å². The molecule has 2 rings (SSSR count). The van der Waals surface area contributed by atoms with Gasteiger partial charge in [-0.1, -0.05) is 0 Å². The maximum Gasteiger partial charge on any atom is 0.224 e. The van der Waals surface area contributed by atoms with Crippen molar-refractivity contribution in [3.05, 3.63) is 0 Å². The Bertz CT molecular complexity index is 218. The first-order valence-corrected chi connectivity index (χ1v) is 6.18. The minimum atomic E-state index is -0.00148. The second-order valence-electron chi connectivity index (χ2n) is 5.37. The fourth-order valence-corrected chi connectivity index (χ4v) is 1.91. The van der Waals surface area contributed by atoms with Crippen LogP contribution in [-0.4, -0.2) is 29.9 Å². The van der Waals surface area contributed by atoms with E-state index in [2.05, 4.69) is 4.90 Å². The number of carbonyl (C=O) groups excluding carboxylic acids is 1. The summed E-state index contributed by atoms with van der Waals surface area (Å²) in [6.45, 7) is 3.88. The van der Waals surface area contributed by atoms with Crippen molar-refractivity contribution in [2.24, 2.45) is 17.6 Å². The molecule has 2 aliphatic rings. The lowest BCUT2D eigenvalue weighted by atomic mass is 10.2. The van der Waals surface area contributed by atoms with Crippen LogP contribution >= 0.6 is 0 Å². The molecule has 2 fully saturated rings. The molecule has 0 spiro atoms. The average Bonchev–Trinajstić information content (AvgIpc) is 2.95. The molecule has 2 aliphatic carbocycles. The van der Waals surface area contributed by atoms with E-state index in [1.807, 2.05) is 6.92 Å². The highest BCUT2D eigenvalue weighted by molar-refractivity contribution is 5.76. The SMILES string of the molecule is CC(N)CC(=O)N(CC1CC1)CC1CC1. The molecule has 1 unspecified atom stereocenters. The lowest BCUT2D eigenvalue weighted by Crippen LogP contribution is -2.37. The quantitative estimate of drug-likeness (QED) is 0.719. The molecule has 0 saturated heterocycles. The van der Waals surface area contributed by atoms with E-state index in [4.69, 9.17) is 5.73 Å². The van der Waals surface area contributed by atoms with E-state index in [0.29, 0.717) is 6.42 Å². The predicted molar refractivity (Wildman–Crippen MR) is 60.3 cm³/mol. The topological polar surface area (TPSA) is 46.3 Å².